The Hall–Kier alpha value is -4.35. The van der Waals surface area contributed by atoms with Gasteiger partial charge in [0.05, 0.1) is 0 Å². The van der Waals surface area contributed by atoms with Gasteiger partial charge in [-0.1, -0.05) is 36.4 Å². The van der Waals surface area contributed by atoms with Gasteiger partial charge >= 0.3 is 23.9 Å². The summed E-state index contributed by atoms with van der Waals surface area (Å²) in [5.41, 5.74) is 4.17. The Bertz CT molecular complexity index is 1540. The molecule has 4 rings (SSSR count). The highest BCUT2D eigenvalue weighted by atomic mass is 32.1. The lowest BCUT2D eigenvalue weighted by molar-refractivity contribution is -0.254. The molecule has 0 bridgehead atoms. The van der Waals surface area contributed by atoms with Crippen molar-refractivity contribution in [2.45, 2.75) is 71.6 Å². The van der Waals surface area contributed by atoms with Crippen LogP contribution in [0.15, 0.2) is 54.6 Å². The number of esters is 4. The second-order valence-corrected chi connectivity index (χ2v) is 11.7. The van der Waals surface area contributed by atoms with E-state index in [1.54, 1.807) is 17.4 Å². The van der Waals surface area contributed by atoms with Crippen molar-refractivity contribution >= 4 is 41.5 Å². The number of hydrogen-bond donors (Lipinski definition) is 0. The van der Waals surface area contributed by atoms with Gasteiger partial charge in [-0.25, -0.2) is 0 Å². The van der Waals surface area contributed by atoms with Crippen LogP contribution in [0.3, 0.4) is 0 Å². The first-order chi connectivity index (χ1) is 20.9. The van der Waals surface area contributed by atoms with Crippen LogP contribution in [0.2, 0.25) is 0 Å². The topological polar surface area (TPSA) is 132 Å². The van der Waals surface area contributed by atoms with Gasteiger partial charge in [-0.05, 0) is 47.4 Å². The average Bonchev–Trinajstić information content (AvgIpc) is 3.43. The van der Waals surface area contributed by atoms with Crippen LogP contribution in [-0.4, -0.2) is 61.2 Å². The minimum absolute atomic E-state index is 0.295. The second-order valence-electron chi connectivity index (χ2n) is 10.5. The molecule has 0 radical (unpaired) electrons. The molecule has 232 valence electrons. The van der Waals surface area contributed by atoms with Gasteiger partial charge in [-0.2, -0.15) is 0 Å². The summed E-state index contributed by atoms with van der Waals surface area (Å²) in [6.07, 6.45) is -4.22. The summed E-state index contributed by atoms with van der Waals surface area (Å²) < 4.78 is 28.3. The number of aryl methyl sites for hydroxylation is 1. The van der Waals surface area contributed by atoms with Crippen molar-refractivity contribution in [1.29, 1.82) is 0 Å². The smallest absolute Gasteiger partial charge is 0.303 e. The molecule has 0 unspecified atom stereocenters. The summed E-state index contributed by atoms with van der Waals surface area (Å²) in [6.45, 7) is 6.50. The molecule has 1 saturated heterocycles. The molecule has 0 amide bonds. The molecule has 2 heterocycles. The van der Waals surface area contributed by atoms with Gasteiger partial charge in [-0.3, -0.25) is 24.0 Å². The Kier molecular flexibility index (Phi) is 10.7. The zero-order chi connectivity index (χ0) is 32.0. The lowest BCUT2D eigenvalue weighted by atomic mass is 9.88. The number of ether oxygens (including phenoxy) is 5. The number of hydrogen-bond acceptors (Lipinski definition) is 11. The van der Waals surface area contributed by atoms with E-state index in [4.69, 9.17) is 23.7 Å². The quantitative estimate of drug-likeness (QED) is 0.174. The van der Waals surface area contributed by atoms with E-state index >= 15 is 0 Å². The maximum Gasteiger partial charge on any atom is 0.303 e. The average molecular weight is 623 g/mol. The monoisotopic (exact) mass is 622 g/mol. The molecule has 1 aliphatic rings. The highest BCUT2D eigenvalue weighted by Gasteiger charge is 2.52. The first kappa shape index (κ1) is 32.6. The fourth-order valence-corrected chi connectivity index (χ4v) is 6.16. The van der Waals surface area contributed by atoms with Crippen LogP contribution in [0, 0.1) is 6.92 Å². The van der Waals surface area contributed by atoms with Gasteiger partial charge in [-0.15, -0.1) is 11.3 Å². The van der Waals surface area contributed by atoms with Crippen molar-refractivity contribution in [3.8, 4) is 10.4 Å². The number of thiophene rings is 1. The van der Waals surface area contributed by atoms with Crippen molar-refractivity contribution in [2.75, 3.05) is 6.61 Å². The lowest BCUT2D eigenvalue weighted by Crippen LogP contribution is -2.59. The van der Waals surface area contributed by atoms with Crippen LogP contribution in [0.4, 0.5) is 0 Å². The van der Waals surface area contributed by atoms with Crippen molar-refractivity contribution in [2.24, 2.45) is 0 Å². The molecule has 3 aromatic rings. The first-order valence-corrected chi connectivity index (χ1v) is 14.8. The van der Waals surface area contributed by atoms with Crippen LogP contribution in [0.25, 0.3) is 10.4 Å². The van der Waals surface area contributed by atoms with E-state index in [0.717, 1.165) is 32.7 Å². The SMILES string of the molecule is CC(=O)OC[C@H]1O[C@@H](c2ccc(C)c(Cc3ccc(-c4cccc(C=O)c4)s3)c2)[C@H](OC(C)=O)[C@@H](OC(C)=O)[C@@H]1OC(C)=O. The van der Waals surface area contributed by atoms with E-state index in [-0.39, 0.29) is 6.61 Å². The molecule has 10 nitrogen and oxygen atoms in total. The van der Waals surface area contributed by atoms with E-state index in [1.165, 1.54) is 27.7 Å². The van der Waals surface area contributed by atoms with E-state index in [0.29, 0.717) is 17.5 Å². The zero-order valence-electron chi connectivity index (χ0n) is 25.1. The van der Waals surface area contributed by atoms with Crippen molar-refractivity contribution in [3.05, 3.63) is 81.7 Å². The summed E-state index contributed by atoms with van der Waals surface area (Å²) >= 11 is 1.61. The molecule has 1 aliphatic heterocycles. The van der Waals surface area contributed by atoms with Crippen LogP contribution >= 0.6 is 11.3 Å². The number of carbonyl (C=O) groups is 5. The summed E-state index contributed by atoms with van der Waals surface area (Å²) in [6, 6.07) is 17.1. The maximum absolute atomic E-state index is 12.3. The van der Waals surface area contributed by atoms with E-state index in [1.807, 2.05) is 55.5 Å². The Morgan fingerprint density at radius 3 is 2.16 bits per heavy atom. The van der Waals surface area contributed by atoms with Crippen LogP contribution in [0.5, 0.6) is 0 Å². The van der Waals surface area contributed by atoms with Crippen molar-refractivity contribution in [3.63, 3.8) is 0 Å². The second kappa shape index (κ2) is 14.4. The standard InChI is InChI=1S/C33H34O10S/c1-18-9-10-25(14-26(18)15-27-11-12-29(44-27)24-8-6-7-23(13-24)16-34)30-32(41-21(4)37)33(42-22(5)38)31(40-20(3)36)28(43-30)17-39-19(2)35/h6-14,16,28,30-33H,15,17H2,1-5H3/t28-,30+,31-,32+,33+/m1/s1. The van der Waals surface area contributed by atoms with E-state index < -0.39 is 54.4 Å². The summed E-state index contributed by atoms with van der Waals surface area (Å²) in [5, 5.41) is 0. The third kappa shape index (κ3) is 8.18. The molecular weight excluding hydrogens is 588 g/mol. The lowest BCUT2D eigenvalue weighted by Gasteiger charge is -2.44. The van der Waals surface area contributed by atoms with Crippen LogP contribution in [0.1, 0.15) is 65.7 Å². The van der Waals surface area contributed by atoms with Crippen LogP contribution in [-0.2, 0) is 49.3 Å². The van der Waals surface area contributed by atoms with Gasteiger partial charge < -0.3 is 23.7 Å². The largest absolute Gasteiger partial charge is 0.463 e. The molecule has 5 atom stereocenters. The molecule has 2 aromatic carbocycles. The zero-order valence-corrected chi connectivity index (χ0v) is 25.9. The molecular formula is C33H34O10S. The van der Waals surface area contributed by atoms with Gasteiger partial charge in [0.15, 0.2) is 18.3 Å². The number of aldehydes is 1. The Morgan fingerprint density at radius 1 is 0.818 bits per heavy atom. The number of benzene rings is 2. The highest BCUT2D eigenvalue weighted by Crippen LogP contribution is 2.39. The van der Waals surface area contributed by atoms with Gasteiger partial charge in [0, 0.05) is 49.4 Å². The summed E-state index contributed by atoms with van der Waals surface area (Å²) in [5.74, 6) is -2.61. The molecule has 1 fully saturated rings. The molecule has 11 heteroatoms. The first-order valence-electron chi connectivity index (χ1n) is 14.0. The molecule has 0 spiro atoms. The molecule has 0 aliphatic carbocycles. The van der Waals surface area contributed by atoms with Crippen molar-refractivity contribution < 1.29 is 47.7 Å². The third-order valence-electron chi connectivity index (χ3n) is 7.03. The summed E-state index contributed by atoms with van der Waals surface area (Å²) in [4.78, 5) is 61.5. The highest BCUT2D eigenvalue weighted by molar-refractivity contribution is 7.15. The predicted molar refractivity (Wildman–Crippen MR) is 160 cm³/mol. The van der Waals surface area contributed by atoms with Crippen LogP contribution < -0.4 is 0 Å². The van der Waals surface area contributed by atoms with Gasteiger partial charge in [0.25, 0.3) is 0 Å². The molecule has 0 N–H and O–H groups in total. The maximum atomic E-state index is 12.3. The van der Waals surface area contributed by atoms with Gasteiger partial charge in [0.2, 0.25) is 0 Å². The van der Waals surface area contributed by atoms with Gasteiger partial charge in [0.1, 0.15) is 25.1 Å². The molecule has 0 saturated carbocycles. The fraction of sp³-hybridized carbons (Fsp3) is 0.364. The normalized spacial score (nSPS) is 21.2. The number of carbonyl (C=O) groups excluding carboxylic acids is 5. The molecule has 44 heavy (non-hydrogen) atoms. The third-order valence-corrected chi connectivity index (χ3v) is 8.16. The minimum atomic E-state index is -1.24. The minimum Gasteiger partial charge on any atom is -0.463 e. The molecule has 1 aromatic heterocycles. The summed E-state index contributed by atoms with van der Waals surface area (Å²) in [7, 11) is 0. The Labute approximate surface area is 259 Å². The number of rotatable bonds is 10. The van der Waals surface area contributed by atoms with E-state index in [9.17, 15) is 24.0 Å². The Morgan fingerprint density at radius 2 is 1.50 bits per heavy atom. The fourth-order valence-electron chi connectivity index (χ4n) is 5.14. The van der Waals surface area contributed by atoms with E-state index in [2.05, 4.69) is 0 Å². The van der Waals surface area contributed by atoms with Crippen molar-refractivity contribution in [1.82, 2.24) is 0 Å². The Balaban J connectivity index is 1.70. The predicted octanol–water partition coefficient (Wildman–Crippen LogP) is 4.92.